The van der Waals surface area contributed by atoms with Gasteiger partial charge >= 0.3 is 0 Å². The Kier molecular flexibility index (Phi) is 5.72. The normalized spacial score (nSPS) is 18.6. The second-order valence-electron chi connectivity index (χ2n) is 9.27. The average Bonchev–Trinajstić information content (AvgIpc) is 3.47. The summed E-state index contributed by atoms with van der Waals surface area (Å²) in [5, 5.41) is 0. The van der Waals surface area contributed by atoms with Crippen molar-refractivity contribution in [3.8, 4) is 0 Å². The van der Waals surface area contributed by atoms with Crippen molar-refractivity contribution in [2.45, 2.75) is 65.1 Å². The molecule has 5 nitrogen and oxygen atoms in total. The highest BCUT2D eigenvalue weighted by Gasteiger charge is 2.38. The molecule has 5 heteroatoms. The zero-order chi connectivity index (χ0) is 21.4. The molecule has 1 unspecified atom stereocenters. The Morgan fingerprint density at radius 1 is 1.03 bits per heavy atom. The van der Waals surface area contributed by atoms with Crippen LogP contribution in [-0.4, -0.2) is 45.3 Å². The molecule has 0 spiro atoms. The average molecular weight is 408 g/mol. The highest BCUT2D eigenvalue weighted by Crippen LogP contribution is 2.34. The molecule has 0 radical (unpaired) electrons. The first-order chi connectivity index (χ1) is 14.4. The third-order valence-electron chi connectivity index (χ3n) is 6.42. The molecule has 2 heterocycles. The first-order valence-corrected chi connectivity index (χ1v) is 11.2. The number of benzene rings is 1. The summed E-state index contributed by atoms with van der Waals surface area (Å²) in [4.78, 5) is 29.9. The molecular weight excluding hydrogens is 374 g/mol. The van der Waals surface area contributed by atoms with E-state index in [9.17, 15) is 9.59 Å². The molecule has 2 aliphatic rings. The predicted octanol–water partition coefficient (Wildman–Crippen LogP) is 4.19. The van der Waals surface area contributed by atoms with Crippen LogP contribution in [0, 0.1) is 5.92 Å². The topological polar surface area (TPSA) is 45.6 Å². The molecule has 1 atom stereocenters. The van der Waals surface area contributed by atoms with Gasteiger partial charge in [0.25, 0.3) is 0 Å². The zero-order valence-corrected chi connectivity index (χ0v) is 18.5. The largest absolute Gasteiger partial charge is 0.348 e. The minimum Gasteiger partial charge on any atom is -0.348 e. The minimum absolute atomic E-state index is 0.0273. The number of hydrogen-bond donors (Lipinski definition) is 0. The number of carbonyl (C=O) groups is 2. The lowest BCUT2D eigenvalue weighted by atomic mass is 9.95. The number of hydrogen-bond acceptors (Lipinski definition) is 2. The van der Waals surface area contributed by atoms with Crippen LogP contribution < -0.4 is 0 Å². The smallest absolute Gasteiger partial charge is 0.243 e. The Morgan fingerprint density at radius 3 is 2.33 bits per heavy atom. The lowest BCUT2D eigenvalue weighted by molar-refractivity contribution is -0.144. The lowest BCUT2D eigenvalue weighted by Crippen LogP contribution is -2.49. The van der Waals surface area contributed by atoms with E-state index in [1.807, 2.05) is 18.7 Å². The standard InChI is InChI=1S/C25H33N3O2/c1-17(2)19-7-9-20(10-8-19)24-22-6-5-13-26(22)14-15-27(24)23(29)16-28(18(3)4)25(30)21-11-12-21/h5-10,13,17-18,21,24H,11-12,14-16H2,1-4H3. The number of nitrogens with zero attached hydrogens (tertiary/aromatic N) is 3. The van der Waals surface area contributed by atoms with Gasteiger partial charge in [0.1, 0.15) is 6.54 Å². The fraction of sp³-hybridized carbons (Fsp3) is 0.520. The van der Waals surface area contributed by atoms with Crippen LogP contribution in [0.5, 0.6) is 0 Å². The molecule has 1 fully saturated rings. The first kappa shape index (κ1) is 20.7. The van der Waals surface area contributed by atoms with Crippen molar-refractivity contribution < 1.29 is 9.59 Å². The van der Waals surface area contributed by atoms with Gasteiger partial charge in [0.2, 0.25) is 11.8 Å². The molecule has 2 aromatic rings. The Hall–Kier alpha value is -2.56. The number of fused-ring (bicyclic) bond motifs is 1. The molecule has 0 saturated heterocycles. The van der Waals surface area contributed by atoms with Gasteiger partial charge in [0, 0.05) is 36.9 Å². The molecule has 1 aromatic carbocycles. The Bertz CT molecular complexity index is 909. The predicted molar refractivity (Wildman–Crippen MR) is 118 cm³/mol. The zero-order valence-electron chi connectivity index (χ0n) is 18.5. The monoisotopic (exact) mass is 407 g/mol. The van der Waals surface area contributed by atoms with E-state index < -0.39 is 0 Å². The van der Waals surface area contributed by atoms with Gasteiger partial charge < -0.3 is 14.4 Å². The van der Waals surface area contributed by atoms with Crippen LogP contribution in [0.15, 0.2) is 42.6 Å². The maximum Gasteiger partial charge on any atom is 0.243 e. The third kappa shape index (κ3) is 4.03. The summed E-state index contributed by atoms with van der Waals surface area (Å²) in [7, 11) is 0. The number of aromatic nitrogens is 1. The van der Waals surface area contributed by atoms with Gasteiger partial charge in [-0.15, -0.1) is 0 Å². The summed E-state index contributed by atoms with van der Waals surface area (Å²) >= 11 is 0. The molecular formula is C25H33N3O2. The second-order valence-corrected chi connectivity index (χ2v) is 9.27. The molecule has 1 aliphatic heterocycles. The van der Waals surface area contributed by atoms with E-state index in [4.69, 9.17) is 0 Å². The van der Waals surface area contributed by atoms with E-state index in [2.05, 4.69) is 61.0 Å². The molecule has 1 aliphatic carbocycles. The highest BCUT2D eigenvalue weighted by molar-refractivity contribution is 5.87. The van der Waals surface area contributed by atoms with Gasteiger partial charge in [-0.1, -0.05) is 38.1 Å². The Balaban J connectivity index is 1.61. The van der Waals surface area contributed by atoms with Crippen LogP contribution in [-0.2, 0) is 16.1 Å². The quantitative estimate of drug-likeness (QED) is 0.721. The van der Waals surface area contributed by atoms with Crippen LogP contribution in [0.2, 0.25) is 0 Å². The van der Waals surface area contributed by atoms with Crippen molar-refractivity contribution in [3.63, 3.8) is 0 Å². The van der Waals surface area contributed by atoms with Crippen molar-refractivity contribution in [3.05, 3.63) is 59.4 Å². The van der Waals surface area contributed by atoms with E-state index in [0.717, 1.165) is 30.6 Å². The molecule has 1 aromatic heterocycles. The molecule has 2 amide bonds. The van der Waals surface area contributed by atoms with Crippen molar-refractivity contribution in [2.75, 3.05) is 13.1 Å². The number of carbonyl (C=O) groups excluding carboxylic acids is 2. The minimum atomic E-state index is -0.118. The summed E-state index contributed by atoms with van der Waals surface area (Å²) in [6.07, 6.45) is 4.00. The van der Waals surface area contributed by atoms with Crippen LogP contribution in [0.4, 0.5) is 0 Å². The van der Waals surface area contributed by atoms with E-state index >= 15 is 0 Å². The molecule has 4 rings (SSSR count). The van der Waals surface area contributed by atoms with Crippen molar-refractivity contribution in [1.29, 1.82) is 0 Å². The van der Waals surface area contributed by atoms with Gasteiger partial charge in [0.15, 0.2) is 0 Å². The summed E-state index contributed by atoms with van der Waals surface area (Å²) in [6.45, 7) is 9.97. The number of rotatable bonds is 6. The van der Waals surface area contributed by atoms with Gasteiger partial charge in [0.05, 0.1) is 6.04 Å². The van der Waals surface area contributed by atoms with E-state index in [1.165, 1.54) is 5.56 Å². The van der Waals surface area contributed by atoms with Gasteiger partial charge in [-0.2, -0.15) is 0 Å². The molecule has 0 N–H and O–H groups in total. The molecule has 1 saturated carbocycles. The van der Waals surface area contributed by atoms with Crippen molar-refractivity contribution in [1.82, 2.24) is 14.4 Å². The van der Waals surface area contributed by atoms with Crippen LogP contribution in [0.1, 0.15) is 69.3 Å². The first-order valence-electron chi connectivity index (χ1n) is 11.2. The van der Waals surface area contributed by atoms with E-state index in [0.29, 0.717) is 12.5 Å². The fourth-order valence-corrected chi connectivity index (χ4v) is 4.38. The highest BCUT2D eigenvalue weighted by atomic mass is 16.2. The van der Waals surface area contributed by atoms with Crippen LogP contribution in [0.25, 0.3) is 0 Å². The summed E-state index contributed by atoms with van der Waals surface area (Å²) in [5.41, 5.74) is 3.55. The van der Waals surface area contributed by atoms with Crippen LogP contribution in [0.3, 0.4) is 0 Å². The maximum absolute atomic E-state index is 13.5. The SMILES string of the molecule is CC(C)c1ccc(C2c3cccn3CCN2C(=O)CN(C(=O)C2CC2)C(C)C)cc1. The Labute approximate surface area is 179 Å². The molecule has 160 valence electrons. The molecule has 30 heavy (non-hydrogen) atoms. The Morgan fingerprint density at radius 2 is 1.73 bits per heavy atom. The molecule has 0 bridgehead atoms. The van der Waals surface area contributed by atoms with E-state index in [-0.39, 0.29) is 36.4 Å². The maximum atomic E-state index is 13.5. The summed E-state index contributed by atoms with van der Waals surface area (Å²) in [5.74, 6) is 0.762. The van der Waals surface area contributed by atoms with E-state index in [1.54, 1.807) is 4.90 Å². The van der Waals surface area contributed by atoms with Crippen molar-refractivity contribution >= 4 is 11.8 Å². The van der Waals surface area contributed by atoms with Crippen molar-refractivity contribution in [2.24, 2.45) is 5.92 Å². The van der Waals surface area contributed by atoms with Crippen LogP contribution >= 0.6 is 0 Å². The summed E-state index contributed by atoms with van der Waals surface area (Å²) < 4.78 is 2.24. The number of amides is 2. The van der Waals surface area contributed by atoms with Gasteiger partial charge in [-0.3, -0.25) is 9.59 Å². The van der Waals surface area contributed by atoms with Gasteiger partial charge in [-0.05, 0) is 55.9 Å². The second kappa shape index (κ2) is 8.29. The lowest BCUT2D eigenvalue weighted by Gasteiger charge is -2.39. The fourth-order valence-electron chi connectivity index (χ4n) is 4.38. The summed E-state index contributed by atoms with van der Waals surface area (Å²) in [6, 6.07) is 12.7. The van der Waals surface area contributed by atoms with Gasteiger partial charge in [-0.25, -0.2) is 0 Å². The third-order valence-corrected chi connectivity index (χ3v) is 6.42.